The molecule has 1 aliphatic rings. The number of aryl methyl sites for hydroxylation is 1. The lowest BCUT2D eigenvalue weighted by molar-refractivity contribution is -0.140. The first-order valence-electron chi connectivity index (χ1n) is 10.1. The highest BCUT2D eigenvalue weighted by Crippen LogP contribution is 2.43. The molecule has 33 heavy (non-hydrogen) atoms. The molecule has 0 unspecified atom stereocenters. The molecule has 1 fully saturated rings. The van der Waals surface area contributed by atoms with E-state index in [-0.39, 0.29) is 29.0 Å². The van der Waals surface area contributed by atoms with Gasteiger partial charge in [-0.2, -0.15) is 18.3 Å². The summed E-state index contributed by atoms with van der Waals surface area (Å²) in [5.74, 6) is 0.388. The van der Waals surface area contributed by atoms with Gasteiger partial charge in [-0.25, -0.2) is 0 Å². The van der Waals surface area contributed by atoms with E-state index >= 15 is 0 Å². The second kappa shape index (κ2) is 7.84. The Morgan fingerprint density at radius 2 is 1.97 bits per heavy atom. The fourth-order valence-electron chi connectivity index (χ4n) is 4.03. The predicted molar refractivity (Wildman–Crippen MR) is 112 cm³/mol. The van der Waals surface area contributed by atoms with Gasteiger partial charge < -0.3 is 9.32 Å². The van der Waals surface area contributed by atoms with E-state index in [1.54, 1.807) is 36.1 Å². The SMILES string of the molecule is Cc1nnc(-c2c(-c3cccnc3C(F)(F)F)ccc3cnn(C4CN(C=CC=O)C4)c23)o1. The van der Waals surface area contributed by atoms with Crippen LogP contribution in [-0.4, -0.2) is 49.2 Å². The number of rotatable bonds is 5. The first-order chi connectivity index (χ1) is 15.9. The fraction of sp³-hybridized carbons (Fsp3) is 0.227. The minimum atomic E-state index is -4.65. The molecule has 4 heterocycles. The highest BCUT2D eigenvalue weighted by Gasteiger charge is 2.37. The van der Waals surface area contributed by atoms with Crippen molar-refractivity contribution in [1.29, 1.82) is 0 Å². The zero-order valence-corrected chi connectivity index (χ0v) is 17.3. The highest BCUT2D eigenvalue weighted by atomic mass is 19.4. The fourth-order valence-corrected chi connectivity index (χ4v) is 4.03. The third-order valence-electron chi connectivity index (χ3n) is 5.48. The predicted octanol–water partition coefficient (Wildman–Crippen LogP) is 4.04. The zero-order chi connectivity index (χ0) is 23.2. The zero-order valence-electron chi connectivity index (χ0n) is 17.3. The number of carbonyl (C=O) groups excluding carboxylic acids is 1. The number of hydrogen-bond acceptors (Lipinski definition) is 7. The number of aldehydes is 1. The summed E-state index contributed by atoms with van der Waals surface area (Å²) < 4.78 is 48.8. The minimum Gasteiger partial charge on any atom is -0.421 e. The Bertz CT molecular complexity index is 1370. The van der Waals surface area contributed by atoms with Gasteiger partial charge in [0, 0.05) is 43.4 Å². The van der Waals surface area contributed by atoms with Crippen LogP contribution < -0.4 is 0 Å². The van der Waals surface area contributed by atoms with E-state index < -0.39 is 11.9 Å². The molecule has 8 nitrogen and oxygen atoms in total. The van der Waals surface area contributed by atoms with Crippen molar-refractivity contribution in [2.45, 2.75) is 19.1 Å². The maximum Gasteiger partial charge on any atom is 0.433 e. The molecule has 0 amide bonds. The van der Waals surface area contributed by atoms with Gasteiger partial charge in [-0.1, -0.05) is 18.2 Å². The van der Waals surface area contributed by atoms with Gasteiger partial charge in [-0.15, -0.1) is 10.2 Å². The van der Waals surface area contributed by atoms with Gasteiger partial charge >= 0.3 is 6.18 Å². The third-order valence-corrected chi connectivity index (χ3v) is 5.48. The summed E-state index contributed by atoms with van der Waals surface area (Å²) in [7, 11) is 0. The van der Waals surface area contributed by atoms with Crippen molar-refractivity contribution < 1.29 is 22.4 Å². The monoisotopic (exact) mass is 454 g/mol. The summed E-state index contributed by atoms with van der Waals surface area (Å²) in [6.07, 6.45) is 1.92. The molecule has 0 radical (unpaired) electrons. The molecule has 0 atom stereocenters. The molecule has 168 valence electrons. The van der Waals surface area contributed by atoms with Crippen LogP contribution in [-0.2, 0) is 11.0 Å². The molecule has 5 rings (SSSR count). The Hall–Kier alpha value is -4.02. The van der Waals surface area contributed by atoms with Gasteiger partial charge in [0.15, 0.2) is 5.69 Å². The molecular weight excluding hydrogens is 437 g/mol. The second-order valence-corrected chi connectivity index (χ2v) is 7.62. The molecule has 1 aromatic carbocycles. The lowest BCUT2D eigenvalue weighted by Crippen LogP contribution is -2.44. The maximum absolute atomic E-state index is 13.8. The Morgan fingerprint density at radius 3 is 2.67 bits per heavy atom. The number of benzene rings is 1. The average molecular weight is 454 g/mol. The van der Waals surface area contributed by atoms with Crippen molar-refractivity contribution in [3.05, 3.63) is 60.5 Å². The number of hydrogen-bond donors (Lipinski definition) is 0. The molecule has 0 spiro atoms. The number of halogens is 3. The van der Waals surface area contributed by atoms with Gasteiger partial charge in [0.25, 0.3) is 5.89 Å². The summed E-state index contributed by atoms with van der Waals surface area (Å²) in [6.45, 7) is 2.80. The van der Waals surface area contributed by atoms with Crippen molar-refractivity contribution in [2.24, 2.45) is 0 Å². The van der Waals surface area contributed by atoms with Crippen LogP contribution >= 0.6 is 0 Å². The lowest BCUT2D eigenvalue weighted by Gasteiger charge is -2.38. The topological polar surface area (TPSA) is 89.9 Å². The second-order valence-electron chi connectivity index (χ2n) is 7.62. The van der Waals surface area contributed by atoms with Gasteiger partial charge in [0.2, 0.25) is 5.89 Å². The van der Waals surface area contributed by atoms with Crippen LogP contribution in [0.5, 0.6) is 0 Å². The van der Waals surface area contributed by atoms with Crippen molar-refractivity contribution in [2.75, 3.05) is 13.1 Å². The molecule has 4 aromatic rings. The quantitative estimate of drug-likeness (QED) is 0.332. The molecule has 11 heteroatoms. The smallest absolute Gasteiger partial charge is 0.421 e. The van der Waals surface area contributed by atoms with E-state index in [0.29, 0.717) is 30.5 Å². The molecular formula is C22H17F3N6O2. The van der Waals surface area contributed by atoms with Crippen LogP contribution in [0.15, 0.2) is 53.4 Å². The van der Waals surface area contributed by atoms with E-state index in [9.17, 15) is 18.0 Å². The number of alkyl halides is 3. The van der Waals surface area contributed by atoms with E-state index in [1.165, 1.54) is 18.2 Å². The van der Waals surface area contributed by atoms with Crippen LogP contribution in [0.2, 0.25) is 0 Å². The molecule has 1 aliphatic heterocycles. The molecule has 0 N–H and O–H groups in total. The average Bonchev–Trinajstić information content (AvgIpc) is 3.38. The number of carbonyl (C=O) groups is 1. The summed E-state index contributed by atoms with van der Waals surface area (Å²) in [6, 6.07) is 6.09. The Morgan fingerprint density at radius 1 is 1.15 bits per heavy atom. The van der Waals surface area contributed by atoms with Crippen LogP contribution in [0.4, 0.5) is 13.2 Å². The van der Waals surface area contributed by atoms with E-state index in [2.05, 4.69) is 20.3 Å². The van der Waals surface area contributed by atoms with Crippen LogP contribution in [0.3, 0.4) is 0 Å². The summed E-state index contributed by atoms with van der Waals surface area (Å²) in [5, 5.41) is 13.2. The van der Waals surface area contributed by atoms with Crippen LogP contribution in [0.25, 0.3) is 33.5 Å². The van der Waals surface area contributed by atoms with Gasteiger partial charge in [-0.05, 0) is 17.7 Å². The Kier molecular flexibility index (Phi) is 4.95. The summed E-state index contributed by atoms with van der Waals surface area (Å²) in [4.78, 5) is 16.1. The third kappa shape index (κ3) is 3.65. The van der Waals surface area contributed by atoms with Gasteiger partial charge in [0.05, 0.1) is 23.3 Å². The largest absolute Gasteiger partial charge is 0.433 e. The van der Waals surface area contributed by atoms with E-state index in [4.69, 9.17) is 4.42 Å². The standard InChI is InChI=1S/C22H17F3N6O2/c1-13-28-29-21(33-13)18-16(17-4-2-7-26-20(17)22(23,24)25)6-5-14-10-27-31(19(14)18)15-11-30(12-15)8-3-9-32/h2-10,15H,11-12H2,1H3. The van der Waals surface area contributed by atoms with Gasteiger partial charge in [0.1, 0.15) is 6.29 Å². The molecule has 3 aromatic heterocycles. The van der Waals surface area contributed by atoms with Crippen molar-refractivity contribution in [1.82, 2.24) is 29.9 Å². The van der Waals surface area contributed by atoms with Crippen molar-refractivity contribution in [3.8, 4) is 22.6 Å². The van der Waals surface area contributed by atoms with E-state index in [0.717, 1.165) is 11.6 Å². The number of nitrogens with zero attached hydrogens (tertiary/aromatic N) is 6. The number of likely N-dealkylation sites (tertiary alicyclic amines) is 1. The van der Waals surface area contributed by atoms with Gasteiger partial charge in [-0.3, -0.25) is 14.5 Å². The molecule has 0 saturated carbocycles. The first kappa shape index (κ1) is 20.9. The number of aromatic nitrogens is 5. The minimum absolute atomic E-state index is 0.0483. The van der Waals surface area contributed by atoms with Crippen LogP contribution in [0.1, 0.15) is 17.6 Å². The number of fused-ring (bicyclic) bond motifs is 1. The summed E-state index contributed by atoms with van der Waals surface area (Å²) >= 11 is 0. The van der Waals surface area contributed by atoms with Crippen molar-refractivity contribution in [3.63, 3.8) is 0 Å². The molecule has 1 saturated heterocycles. The number of allylic oxidation sites excluding steroid dienone is 1. The van der Waals surface area contributed by atoms with Crippen molar-refractivity contribution >= 4 is 17.2 Å². The summed E-state index contributed by atoms with van der Waals surface area (Å²) in [5.41, 5.74) is 0.143. The van der Waals surface area contributed by atoms with Crippen LogP contribution in [0, 0.1) is 6.92 Å². The highest BCUT2D eigenvalue weighted by molar-refractivity contribution is 6.00. The maximum atomic E-state index is 13.8. The number of pyridine rings is 1. The Labute approximate surface area is 185 Å². The van der Waals surface area contributed by atoms with E-state index in [1.807, 2.05) is 4.90 Å². The normalized spacial score (nSPS) is 14.8. The Balaban J connectivity index is 1.72. The molecule has 0 aliphatic carbocycles. The lowest BCUT2D eigenvalue weighted by atomic mass is 9.95. The molecule has 0 bridgehead atoms. The first-order valence-corrected chi connectivity index (χ1v) is 10.1.